The average molecular weight is 143 g/mol. The van der Waals surface area contributed by atoms with E-state index in [1.54, 1.807) is 11.3 Å². The molecule has 0 fully saturated rings. The van der Waals surface area contributed by atoms with Gasteiger partial charge in [0.1, 0.15) is 0 Å². The van der Waals surface area contributed by atoms with Crippen molar-refractivity contribution in [3.05, 3.63) is 16.5 Å². The molecule has 1 aromatic rings. The van der Waals surface area contributed by atoms with Gasteiger partial charge in [-0.15, -0.1) is 11.3 Å². The van der Waals surface area contributed by atoms with Crippen LogP contribution in [0.2, 0.25) is 0 Å². The zero-order valence-electron chi connectivity index (χ0n) is 4.89. The van der Waals surface area contributed by atoms with Crippen molar-refractivity contribution >= 4 is 24.0 Å². The van der Waals surface area contributed by atoms with Crippen molar-refractivity contribution in [3.63, 3.8) is 0 Å². The van der Waals surface area contributed by atoms with Gasteiger partial charge in [-0.1, -0.05) is 12.6 Å². The summed E-state index contributed by atoms with van der Waals surface area (Å²) in [4.78, 5) is 0. The number of rotatable bonds is 0. The molecule has 1 aromatic heterocycles. The molecule has 0 saturated carbocycles. The second-order valence-corrected chi connectivity index (χ2v) is 3.38. The summed E-state index contributed by atoms with van der Waals surface area (Å²) in [6.07, 6.45) is 0. The Morgan fingerprint density at radius 1 is 1.50 bits per heavy atom. The topological polar surface area (TPSA) is 0 Å². The maximum absolute atomic E-state index is 4.99. The quantitative estimate of drug-likeness (QED) is 0.524. The molecule has 0 bridgehead atoms. The first kappa shape index (κ1) is 6.05. The van der Waals surface area contributed by atoms with Gasteiger partial charge in [0, 0.05) is 0 Å². The molecule has 0 aliphatic carbocycles. The molecule has 1 radical (unpaired) electrons. The van der Waals surface area contributed by atoms with Gasteiger partial charge < -0.3 is 0 Å². The Balaban J connectivity index is 3.19. The lowest BCUT2D eigenvalue weighted by Gasteiger charge is -1.84. The van der Waals surface area contributed by atoms with Crippen LogP contribution in [-0.4, -0.2) is 0 Å². The molecule has 0 amide bonds. The van der Waals surface area contributed by atoms with Crippen molar-refractivity contribution in [2.75, 3.05) is 0 Å². The minimum absolute atomic E-state index is 1.03. The Morgan fingerprint density at radius 2 is 2.12 bits per heavy atom. The fourth-order valence-corrected chi connectivity index (χ4v) is 1.58. The van der Waals surface area contributed by atoms with E-state index in [0.717, 1.165) is 4.21 Å². The van der Waals surface area contributed by atoms with E-state index < -0.39 is 0 Å². The van der Waals surface area contributed by atoms with Crippen LogP contribution in [0.5, 0.6) is 0 Å². The second kappa shape index (κ2) is 2.03. The Labute approximate surface area is 59.0 Å². The number of hydrogen-bond acceptors (Lipinski definition) is 1. The van der Waals surface area contributed by atoms with Crippen molar-refractivity contribution < 1.29 is 0 Å². The van der Waals surface area contributed by atoms with Gasteiger partial charge in [0.15, 0.2) is 0 Å². The van der Waals surface area contributed by atoms with Crippen LogP contribution < -0.4 is 0 Å². The molecule has 0 unspecified atom stereocenters. The third-order valence-electron chi connectivity index (χ3n) is 1.24. The molecule has 0 aliphatic heterocycles. The molecule has 43 valence electrons. The van der Waals surface area contributed by atoms with Gasteiger partial charge >= 0.3 is 0 Å². The van der Waals surface area contributed by atoms with Crippen molar-refractivity contribution in [1.29, 1.82) is 0 Å². The maximum Gasteiger partial charge on any atom is 0.0931 e. The lowest BCUT2D eigenvalue weighted by atomic mass is 10.2. The molecule has 0 saturated heterocycles. The molecule has 0 aromatic carbocycles. The lowest BCUT2D eigenvalue weighted by molar-refractivity contribution is 1.34. The molecule has 0 N–H and O–H groups in total. The summed E-state index contributed by atoms with van der Waals surface area (Å²) in [6, 6.07) is 0. The van der Waals surface area contributed by atoms with Gasteiger partial charge in [-0.2, -0.15) is 0 Å². The van der Waals surface area contributed by atoms with E-state index in [0.29, 0.717) is 0 Å². The summed E-state index contributed by atoms with van der Waals surface area (Å²) in [5.74, 6) is 0. The predicted molar refractivity (Wildman–Crippen MR) is 39.7 cm³/mol. The monoisotopic (exact) mass is 143 g/mol. The van der Waals surface area contributed by atoms with E-state index in [9.17, 15) is 0 Å². The highest BCUT2D eigenvalue weighted by atomic mass is 32.2. The van der Waals surface area contributed by atoms with Gasteiger partial charge in [0.05, 0.1) is 4.21 Å². The van der Waals surface area contributed by atoms with Gasteiger partial charge in [0.2, 0.25) is 0 Å². The maximum atomic E-state index is 4.99. The SMILES string of the molecule is Cc1csc([S])c1C. The van der Waals surface area contributed by atoms with Crippen LogP contribution in [0.25, 0.3) is 0 Å². The fraction of sp³-hybridized carbons (Fsp3) is 0.333. The van der Waals surface area contributed by atoms with Crippen LogP contribution in [-0.2, 0) is 0 Å². The second-order valence-electron chi connectivity index (χ2n) is 1.83. The lowest BCUT2D eigenvalue weighted by Crippen LogP contribution is -1.67. The smallest absolute Gasteiger partial charge is 0.0931 e. The minimum atomic E-state index is 1.03. The summed E-state index contributed by atoms with van der Waals surface area (Å²) in [5, 5.41) is 2.09. The first-order valence-corrected chi connectivity index (χ1v) is 3.72. The van der Waals surface area contributed by atoms with Gasteiger partial charge in [-0.05, 0) is 30.4 Å². The number of thiophene rings is 1. The zero-order chi connectivity index (χ0) is 6.15. The highest BCUT2D eigenvalue weighted by Gasteiger charge is 1.97. The normalized spacial score (nSPS) is 9.75. The summed E-state index contributed by atoms with van der Waals surface area (Å²) in [6.45, 7) is 4.15. The van der Waals surface area contributed by atoms with Gasteiger partial charge in [-0.25, -0.2) is 0 Å². The van der Waals surface area contributed by atoms with Crippen LogP contribution in [0.15, 0.2) is 9.59 Å². The number of aryl methyl sites for hydroxylation is 1. The highest BCUT2D eigenvalue weighted by molar-refractivity contribution is 7.82. The molecule has 1 rings (SSSR count). The summed E-state index contributed by atoms with van der Waals surface area (Å²) in [5.41, 5.74) is 2.59. The van der Waals surface area contributed by atoms with E-state index >= 15 is 0 Å². The van der Waals surface area contributed by atoms with E-state index in [2.05, 4.69) is 19.2 Å². The predicted octanol–water partition coefficient (Wildman–Crippen LogP) is 2.92. The van der Waals surface area contributed by atoms with Gasteiger partial charge in [0.25, 0.3) is 0 Å². The Bertz CT molecular complexity index is 169. The molecule has 1 heterocycles. The minimum Gasteiger partial charge on any atom is -0.132 e. The molecule has 8 heavy (non-hydrogen) atoms. The van der Waals surface area contributed by atoms with E-state index in [1.807, 2.05) is 0 Å². The Kier molecular flexibility index (Phi) is 1.54. The number of hydrogen-bond donors (Lipinski definition) is 0. The van der Waals surface area contributed by atoms with Crippen molar-refractivity contribution in [2.45, 2.75) is 18.1 Å². The third-order valence-corrected chi connectivity index (χ3v) is 2.83. The molecule has 0 nitrogen and oxygen atoms in total. The standard InChI is InChI=1S/C6H7S2/c1-4-3-8-6(7)5(4)2/h3H,1-2H3. The zero-order valence-corrected chi connectivity index (χ0v) is 6.53. The first-order chi connectivity index (χ1) is 3.72. The average Bonchev–Trinajstić information content (AvgIpc) is 1.98. The summed E-state index contributed by atoms with van der Waals surface area (Å²) < 4.78 is 1.03. The Morgan fingerprint density at radius 3 is 2.25 bits per heavy atom. The summed E-state index contributed by atoms with van der Waals surface area (Å²) >= 11 is 6.64. The highest BCUT2D eigenvalue weighted by Crippen LogP contribution is 2.23. The van der Waals surface area contributed by atoms with Crippen molar-refractivity contribution in [2.24, 2.45) is 0 Å². The van der Waals surface area contributed by atoms with Crippen molar-refractivity contribution in [3.8, 4) is 0 Å². The van der Waals surface area contributed by atoms with E-state index in [4.69, 9.17) is 12.6 Å². The molecule has 2 heteroatoms. The van der Waals surface area contributed by atoms with E-state index in [1.165, 1.54) is 11.1 Å². The van der Waals surface area contributed by atoms with Crippen LogP contribution in [0.4, 0.5) is 0 Å². The molecular weight excluding hydrogens is 136 g/mol. The summed E-state index contributed by atoms with van der Waals surface area (Å²) in [7, 11) is 0. The third kappa shape index (κ3) is 0.858. The van der Waals surface area contributed by atoms with E-state index in [-0.39, 0.29) is 0 Å². The molecular formula is C6H7S2. The van der Waals surface area contributed by atoms with Gasteiger partial charge in [-0.3, -0.25) is 0 Å². The first-order valence-electron chi connectivity index (χ1n) is 2.43. The van der Waals surface area contributed by atoms with Crippen molar-refractivity contribution in [1.82, 2.24) is 0 Å². The van der Waals surface area contributed by atoms with Crippen LogP contribution in [0.1, 0.15) is 11.1 Å². The van der Waals surface area contributed by atoms with Crippen LogP contribution in [0, 0.1) is 13.8 Å². The fourth-order valence-electron chi connectivity index (χ4n) is 0.480. The molecule has 0 atom stereocenters. The molecule has 0 spiro atoms. The van der Waals surface area contributed by atoms with Crippen LogP contribution in [0.3, 0.4) is 0 Å². The largest absolute Gasteiger partial charge is 0.132 e. The molecule has 0 aliphatic rings. The Hall–Kier alpha value is -0.0800. The van der Waals surface area contributed by atoms with Crippen LogP contribution >= 0.6 is 24.0 Å².